The normalized spacial score (nSPS) is 21.7. The third-order valence-electron chi connectivity index (χ3n) is 5.20. The molecule has 1 aromatic carbocycles. The minimum Gasteiger partial charge on any atom is -0.352 e. The molecule has 0 bridgehead atoms. The van der Waals surface area contributed by atoms with E-state index in [4.69, 9.17) is 0 Å². The fourth-order valence-corrected chi connectivity index (χ4v) is 3.58. The minimum absolute atomic E-state index is 0.100. The van der Waals surface area contributed by atoms with Crippen LogP contribution in [0.15, 0.2) is 18.2 Å². The molecule has 1 spiro atoms. The molecule has 2 aliphatic rings. The Kier molecular flexibility index (Phi) is 4.39. The Balaban J connectivity index is 1.69. The van der Waals surface area contributed by atoms with Crippen LogP contribution in [0.5, 0.6) is 0 Å². The molecule has 0 aromatic heterocycles. The van der Waals surface area contributed by atoms with Gasteiger partial charge in [-0.05, 0) is 69.3 Å². The van der Waals surface area contributed by atoms with E-state index in [1.54, 1.807) is 12.1 Å². The number of nitrogens with one attached hydrogen (secondary N) is 3. The molecule has 2 fully saturated rings. The number of hydrogen-bond donors (Lipinski definition) is 3. The van der Waals surface area contributed by atoms with E-state index < -0.39 is 0 Å². The Morgan fingerprint density at radius 2 is 2.04 bits per heavy atom. The Labute approximate surface area is 137 Å². The molecule has 124 valence electrons. The van der Waals surface area contributed by atoms with Gasteiger partial charge in [0.25, 0.3) is 5.91 Å². The van der Waals surface area contributed by atoms with Crippen LogP contribution in [0.1, 0.15) is 42.1 Å². The van der Waals surface area contributed by atoms with Crippen molar-refractivity contribution in [3.63, 3.8) is 0 Å². The molecule has 1 aliphatic carbocycles. The second-order valence-electron chi connectivity index (χ2n) is 6.75. The molecule has 1 saturated carbocycles. The van der Waals surface area contributed by atoms with Crippen LogP contribution in [0, 0.1) is 18.3 Å². The highest BCUT2D eigenvalue weighted by Gasteiger charge is 2.57. The zero-order valence-electron chi connectivity index (χ0n) is 13.9. The number of carbonyl (C=O) groups excluding carboxylic acids is 2. The van der Waals surface area contributed by atoms with Crippen molar-refractivity contribution in [2.45, 2.75) is 33.1 Å². The van der Waals surface area contributed by atoms with E-state index in [1.807, 2.05) is 19.9 Å². The first kappa shape index (κ1) is 16.0. The van der Waals surface area contributed by atoms with Gasteiger partial charge >= 0.3 is 0 Å². The van der Waals surface area contributed by atoms with Crippen LogP contribution in [0.3, 0.4) is 0 Å². The van der Waals surface area contributed by atoms with Gasteiger partial charge in [-0.25, -0.2) is 0 Å². The van der Waals surface area contributed by atoms with E-state index in [0.717, 1.165) is 43.6 Å². The van der Waals surface area contributed by atoms with Gasteiger partial charge in [0.2, 0.25) is 5.91 Å². The zero-order valence-corrected chi connectivity index (χ0v) is 13.9. The first-order valence-corrected chi connectivity index (χ1v) is 8.46. The quantitative estimate of drug-likeness (QED) is 0.796. The Morgan fingerprint density at radius 1 is 1.30 bits per heavy atom. The van der Waals surface area contributed by atoms with Crippen molar-refractivity contribution in [1.29, 1.82) is 0 Å². The fourth-order valence-electron chi connectivity index (χ4n) is 3.58. The molecule has 5 nitrogen and oxygen atoms in total. The molecule has 5 heteroatoms. The second-order valence-corrected chi connectivity index (χ2v) is 6.75. The van der Waals surface area contributed by atoms with Gasteiger partial charge in [0, 0.05) is 23.7 Å². The molecule has 3 rings (SSSR count). The fraction of sp³-hybridized carbons (Fsp3) is 0.556. The summed E-state index contributed by atoms with van der Waals surface area (Å²) in [6.07, 6.45) is 3.17. The first-order chi connectivity index (χ1) is 11.1. The molecular weight excluding hydrogens is 290 g/mol. The summed E-state index contributed by atoms with van der Waals surface area (Å²) in [5.74, 6) is 0.115. The molecular formula is C18H25N3O2. The van der Waals surface area contributed by atoms with E-state index >= 15 is 0 Å². The summed E-state index contributed by atoms with van der Waals surface area (Å²) in [6, 6.07) is 5.45. The van der Waals surface area contributed by atoms with E-state index in [0.29, 0.717) is 12.1 Å². The number of benzene rings is 1. The molecule has 1 aliphatic heterocycles. The van der Waals surface area contributed by atoms with E-state index in [2.05, 4.69) is 16.0 Å². The van der Waals surface area contributed by atoms with Gasteiger partial charge in [0.15, 0.2) is 0 Å². The van der Waals surface area contributed by atoms with Crippen LogP contribution in [0.25, 0.3) is 0 Å². The predicted octanol–water partition coefficient (Wildman–Crippen LogP) is 2.07. The van der Waals surface area contributed by atoms with E-state index in [1.165, 1.54) is 0 Å². The Morgan fingerprint density at radius 3 is 2.74 bits per heavy atom. The number of anilines is 1. The molecule has 1 aromatic rings. The summed E-state index contributed by atoms with van der Waals surface area (Å²) in [5, 5.41) is 9.18. The minimum atomic E-state index is -0.107. The average molecular weight is 315 g/mol. The maximum atomic E-state index is 12.6. The molecule has 3 N–H and O–H groups in total. The van der Waals surface area contributed by atoms with Crippen LogP contribution < -0.4 is 16.0 Å². The summed E-state index contributed by atoms with van der Waals surface area (Å²) in [5.41, 5.74) is 2.53. The smallest absolute Gasteiger partial charge is 0.251 e. The largest absolute Gasteiger partial charge is 0.352 e. The molecule has 2 amide bonds. The van der Waals surface area contributed by atoms with Crippen molar-refractivity contribution in [3.8, 4) is 0 Å². The standard InChI is InChI=1S/C18H25N3O2/c1-3-20-16(22)13-5-4-12(2)15(10-13)21-17(23)14-11-18(14)6-8-19-9-7-18/h4-5,10,14,19H,3,6-9,11H2,1-2H3,(H,20,22)(H,21,23). The van der Waals surface area contributed by atoms with Gasteiger partial charge < -0.3 is 16.0 Å². The summed E-state index contributed by atoms with van der Waals surface area (Å²) in [4.78, 5) is 24.5. The van der Waals surface area contributed by atoms with Crippen LogP contribution in [-0.2, 0) is 4.79 Å². The third-order valence-corrected chi connectivity index (χ3v) is 5.20. The number of piperidine rings is 1. The lowest BCUT2D eigenvalue weighted by Crippen LogP contribution is -2.31. The Bertz CT molecular complexity index is 621. The van der Waals surface area contributed by atoms with Crippen molar-refractivity contribution in [1.82, 2.24) is 10.6 Å². The third kappa shape index (κ3) is 3.24. The molecule has 1 atom stereocenters. The lowest BCUT2D eigenvalue weighted by molar-refractivity contribution is -0.118. The number of amides is 2. The van der Waals surface area contributed by atoms with Gasteiger partial charge in [-0.2, -0.15) is 0 Å². The number of aryl methyl sites for hydroxylation is 1. The molecule has 23 heavy (non-hydrogen) atoms. The monoisotopic (exact) mass is 315 g/mol. The van der Waals surface area contributed by atoms with Gasteiger partial charge in [0.1, 0.15) is 0 Å². The van der Waals surface area contributed by atoms with Crippen molar-refractivity contribution in [2.24, 2.45) is 11.3 Å². The van der Waals surface area contributed by atoms with Crippen molar-refractivity contribution >= 4 is 17.5 Å². The summed E-state index contributed by atoms with van der Waals surface area (Å²) >= 11 is 0. The van der Waals surface area contributed by atoms with Crippen molar-refractivity contribution < 1.29 is 9.59 Å². The highest BCUT2D eigenvalue weighted by molar-refractivity contribution is 5.99. The van der Waals surface area contributed by atoms with Gasteiger partial charge in [0.05, 0.1) is 0 Å². The lowest BCUT2D eigenvalue weighted by Gasteiger charge is -2.23. The van der Waals surface area contributed by atoms with Crippen LogP contribution in [0.4, 0.5) is 5.69 Å². The highest BCUT2D eigenvalue weighted by Crippen LogP contribution is 2.58. The van der Waals surface area contributed by atoms with Crippen molar-refractivity contribution in [3.05, 3.63) is 29.3 Å². The molecule has 0 radical (unpaired) electrons. The summed E-state index contributed by atoms with van der Waals surface area (Å²) in [7, 11) is 0. The van der Waals surface area contributed by atoms with Crippen LogP contribution in [0.2, 0.25) is 0 Å². The molecule has 1 saturated heterocycles. The average Bonchev–Trinajstić information content (AvgIpc) is 3.23. The van der Waals surface area contributed by atoms with E-state index in [-0.39, 0.29) is 23.1 Å². The number of hydrogen-bond acceptors (Lipinski definition) is 3. The number of rotatable bonds is 4. The molecule has 1 heterocycles. The molecule has 1 unspecified atom stereocenters. The zero-order chi connectivity index (χ0) is 16.4. The maximum Gasteiger partial charge on any atom is 0.251 e. The maximum absolute atomic E-state index is 12.6. The van der Waals surface area contributed by atoms with Crippen LogP contribution in [-0.4, -0.2) is 31.4 Å². The Hall–Kier alpha value is -1.88. The summed E-state index contributed by atoms with van der Waals surface area (Å²) < 4.78 is 0. The van der Waals surface area contributed by atoms with Crippen molar-refractivity contribution in [2.75, 3.05) is 25.0 Å². The van der Waals surface area contributed by atoms with Gasteiger partial charge in [-0.3, -0.25) is 9.59 Å². The highest BCUT2D eigenvalue weighted by atomic mass is 16.2. The SMILES string of the molecule is CCNC(=O)c1ccc(C)c(NC(=O)C2CC23CCNCC3)c1. The predicted molar refractivity (Wildman–Crippen MR) is 90.5 cm³/mol. The topological polar surface area (TPSA) is 70.2 Å². The van der Waals surface area contributed by atoms with Gasteiger partial charge in [-0.15, -0.1) is 0 Å². The lowest BCUT2D eigenvalue weighted by atomic mass is 9.91. The summed E-state index contributed by atoms with van der Waals surface area (Å²) in [6.45, 7) is 6.45. The first-order valence-electron chi connectivity index (χ1n) is 8.46. The van der Waals surface area contributed by atoms with E-state index in [9.17, 15) is 9.59 Å². The number of carbonyl (C=O) groups is 2. The second kappa shape index (κ2) is 6.32. The van der Waals surface area contributed by atoms with Gasteiger partial charge in [-0.1, -0.05) is 6.07 Å². The van der Waals surface area contributed by atoms with Crippen LogP contribution >= 0.6 is 0 Å².